The van der Waals surface area contributed by atoms with E-state index in [0.29, 0.717) is 5.56 Å². The highest BCUT2D eigenvalue weighted by Gasteiger charge is 2.28. The molecule has 1 atom stereocenters. The third-order valence-electron chi connectivity index (χ3n) is 4.96. The number of benzene rings is 3. The van der Waals surface area contributed by atoms with Crippen molar-refractivity contribution in [1.29, 1.82) is 0 Å². The minimum Gasteiger partial charge on any atom is -0.495 e. The number of rotatable bonds is 9. The SMILES string of the molecule is COc1ccc(C)cc1S(=O)(=O)NC(Cc1ccccc1)C(=O)Nc1ccc(S(N)(=O)=O)cc1. The molecular formula is C23H25N3O6S2. The van der Waals surface area contributed by atoms with Crippen LogP contribution in [-0.2, 0) is 31.3 Å². The third-order valence-corrected chi connectivity index (χ3v) is 7.38. The molecule has 0 bridgehead atoms. The number of hydrogen-bond donors (Lipinski definition) is 3. The monoisotopic (exact) mass is 503 g/mol. The number of nitrogens with two attached hydrogens (primary N) is 1. The summed E-state index contributed by atoms with van der Waals surface area (Å²) in [5.41, 5.74) is 1.73. The number of ether oxygens (including phenoxy) is 1. The molecule has 3 rings (SSSR count). The Morgan fingerprint density at radius 2 is 1.62 bits per heavy atom. The normalized spacial score (nSPS) is 12.7. The number of hydrogen-bond acceptors (Lipinski definition) is 6. The van der Waals surface area contributed by atoms with Crippen LogP contribution >= 0.6 is 0 Å². The lowest BCUT2D eigenvalue weighted by Gasteiger charge is -2.20. The van der Waals surface area contributed by atoms with E-state index in [9.17, 15) is 21.6 Å². The topological polar surface area (TPSA) is 145 Å². The molecule has 0 aliphatic heterocycles. The van der Waals surface area contributed by atoms with Gasteiger partial charge in [-0.25, -0.2) is 22.0 Å². The summed E-state index contributed by atoms with van der Waals surface area (Å²) in [4.78, 5) is 12.9. The quantitative estimate of drug-likeness (QED) is 0.408. The maximum Gasteiger partial charge on any atom is 0.245 e. The van der Waals surface area contributed by atoms with Gasteiger partial charge in [-0.05, 0) is 60.9 Å². The van der Waals surface area contributed by atoms with Gasteiger partial charge in [0.05, 0.1) is 12.0 Å². The molecule has 0 heterocycles. The molecule has 34 heavy (non-hydrogen) atoms. The molecule has 0 fully saturated rings. The number of sulfonamides is 2. The molecule has 4 N–H and O–H groups in total. The molecular weight excluding hydrogens is 478 g/mol. The summed E-state index contributed by atoms with van der Waals surface area (Å²) in [7, 11) is -6.66. The zero-order chi connectivity index (χ0) is 24.9. The Labute approximate surface area is 199 Å². The van der Waals surface area contributed by atoms with Crippen molar-refractivity contribution in [3.8, 4) is 5.75 Å². The Hall–Kier alpha value is -3.25. The van der Waals surface area contributed by atoms with E-state index in [1.54, 1.807) is 43.3 Å². The summed E-state index contributed by atoms with van der Waals surface area (Å²) in [5, 5.41) is 7.72. The Morgan fingerprint density at radius 1 is 0.971 bits per heavy atom. The number of carbonyl (C=O) groups excluding carboxylic acids is 1. The maximum atomic E-state index is 13.2. The van der Waals surface area contributed by atoms with Crippen LogP contribution in [0.5, 0.6) is 5.75 Å². The van der Waals surface area contributed by atoms with Crippen molar-refractivity contribution >= 4 is 31.6 Å². The van der Waals surface area contributed by atoms with Gasteiger partial charge in [0.2, 0.25) is 26.0 Å². The van der Waals surface area contributed by atoms with Gasteiger partial charge in [0.25, 0.3) is 0 Å². The van der Waals surface area contributed by atoms with E-state index in [2.05, 4.69) is 10.0 Å². The molecule has 0 aliphatic rings. The summed E-state index contributed by atoms with van der Waals surface area (Å²) in [6.07, 6.45) is 0.0787. The van der Waals surface area contributed by atoms with Gasteiger partial charge in [-0.3, -0.25) is 4.79 Å². The molecule has 0 aromatic heterocycles. The zero-order valence-electron chi connectivity index (χ0n) is 18.6. The number of nitrogens with one attached hydrogen (secondary N) is 2. The van der Waals surface area contributed by atoms with Crippen molar-refractivity contribution in [2.24, 2.45) is 5.14 Å². The number of primary sulfonamides is 1. The number of carbonyl (C=O) groups is 1. The van der Waals surface area contributed by atoms with Gasteiger partial charge in [0.1, 0.15) is 16.7 Å². The molecule has 3 aromatic rings. The smallest absolute Gasteiger partial charge is 0.245 e. The number of aryl methyl sites for hydroxylation is 1. The molecule has 0 saturated heterocycles. The zero-order valence-corrected chi connectivity index (χ0v) is 20.2. The van der Waals surface area contributed by atoms with Gasteiger partial charge in [-0.15, -0.1) is 0 Å². The maximum absolute atomic E-state index is 13.2. The lowest BCUT2D eigenvalue weighted by molar-refractivity contribution is -0.117. The molecule has 11 heteroatoms. The van der Waals surface area contributed by atoms with E-state index < -0.39 is 32.0 Å². The highest BCUT2D eigenvalue weighted by atomic mass is 32.2. The standard InChI is InChI=1S/C23H25N3O6S2/c1-16-8-13-21(32-2)22(14-16)34(30,31)26-20(15-17-6-4-3-5-7-17)23(27)25-18-9-11-19(12-10-18)33(24,28)29/h3-14,20,26H,15H2,1-2H3,(H,25,27)(H2,24,28,29). The van der Waals surface area contributed by atoms with E-state index >= 15 is 0 Å². The van der Waals surface area contributed by atoms with Crippen LogP contribution in [0.1, 0.15) is 11.1 Å². The number of amides is 1. The molecule has 1 unspecified atom stereocenters. The molecule has 0 spiro atoms. The van der Waals surface area contributed by atoms with Gasteiger partial charge in [-0.1, -0.05) is 36.4 Å². The molecule has 0 radical (unpaired) electrons. The number of anilines is 1. The van der Waals surface area contributed by atoms with Crippen molar-refractivity contribution < 1.29 is 26.4 Å². The first-order chi connectivity index (χ1) is 16.0. The summed E-state index contributed by atoms with van der Waals surface area (Å²) >= 11 is 0. The second kappa shape index (κ2) is 10.3. The van der Waals surface area contributed by atoms with Gasteiger partial charge < -0.3 is 10.1 Å². The van der Waals surface area contributed by atoms with Crippen LogP contribution in [0, 0.1) is 6.92 Å². The van der Waals surface area contributed by atoms with Crippen molar-refractivity contribution in [2.45, 2.75) is 29.2 Å². The summed E-state index contributed by atoms with van der Waals surface area (Å²) in [5.74, 6) is -0.474. The Balaban J connectivity index is 1.91. The Kier molecular flexibility index (Phi) is 7.72. The van der Waals surface area contributed by atoms with Gasteiger partial charge in [-0.2, -0.15) is 4.72 Å². The average Bonchev–Trinajstić information content (AvgIpc) is 2.79. The lowest BCUT2D eigenvalue weighted by atomic mass is 10.1. The van der Waals surface area contributed by atoms with Crippen LogP contribution in [0.3, 0.4) is 0 Å². The van der Waals surface area contributed by atoms with Crippen LogP contribution in [0.4, 0.5) is 5.69 Å². The lowest BCUT2D eigenvalue weighted by Crippen LogP contribution is -2.45. The fraction of sp³-hybridized carbons (Fsp3) is 0.174. The summed E-state index contributed by atoms with van der Waals surface area (Å²) < 4.78 is 57.0. The van der Waals surface area contributed by atoms with Crippen molar-refractivity contribution in [1.82, 2.24) is 4.72 Å². The van der Waals surface area contributed by atoms with E-state index in [1.165, 1.54) is 37.4 Å². The predicted octanol–water partition coefficient (Wildman–Crippen LogP) is 2.18. The minimum absolute atomic E-state index is 0.0787. The van der Waals surface area contributed by atoms with Crippen LogP contribution in [0.2, 0.25) is 0 Å². The highest BCUT2D eigenvalue weighted by Crippen LogP contribution is 2.25. The molecule has 0 saturated carbocycles. The largest absolute Gasteiger partial charge is 0.495 e. The molecule has 3 aromatic carbocycles. The first-order valence-corrected chi connectivity index (χ1v) is 13.2. The fourth-order valence-corrected chi connectivity index (χ4v) is 5.20. The first kappa shape index (κ1) is 25.4. The minimum atomic E-state index is -4.14. The van der Waals surface area contributed by atoms with E-state index in [0.717, 1.165) is 5.56 Å². The molecule has 9 nitrogen and oxygen atoms in total. The molecule has 0 aliphatic carbocycles. The van der Waals surface area contributed by atoms with Gasteiger partial charge in [0, 0.05) is 5.69 Å². The summed E-state index contributed by atoms with van der Waals surface area (Å²) in [6, 6.07) is 17.7. The number of methoxy groups -OCH3 is 1. The van der Waals surface area contributed by atoms with Crippen molar-refractivity contribution in [3.63, 3.8) is 0 Å². The third kappa shape index (κ3) is 6.41. The van der Waals surface area contributed by atoms with E-state index in [-0.39, 0.29) is 27.6 Å². The summed E-state index contributed by atoms with van der Waals surface area (Å²) in [6.45, 7) is 1.75. The van der Waals surface area contributed by atoms with E-state index in [4.69, 9.17) is 9.88 Å². The van der Waals surface area contributed by atoms with Crippen LogP contribution < -0.4 is 19.9 Å². The Morgan fingerprint density at radius 3 is 2.21 bits per heavy atom. The highest BCUT2D eigenvalue weighted by molar-refractivity contribution is 7.89. The molecule has 180 valence electrons. The van der Waals surface area contributed by atoms with Crippen molar-refractivity contribution in [3.05, 3.63) is 83.9 Å². The second-order valence-corrected chi connectivity index (χ2v) is 10.8. The van der Waals surface area contributed by atoms with Gasteiger partial charge >= 0.3 is 0 Å². The van der Waals surface area contributed by atoms with Gasteiger partial charge in [0.15, 0.2) is 0 Å². The predicted molar refractivity (Wildman–Crippen MR) is 128 cm³/mol. The Bertz CT molecular complexity index is 1370. The second-order valence-electron chi connectivity index (χ2n) is 7.58. The average molecular weight is 504 g/mol. The van der Waals surface area contributed by atoms with Crippen LogP contribution in [0.25, 0.3) is 0 Å². The van der Waals surface area contributed by atoms with Crippen LogP contribution in [-0.4, -0.2) is 35.9 Å². The van der Waals surface area contributed by atoms with E-state index in [1.807, 2.05) is 6.07 Å². The van der Waals surface area contributed by atoms with Crippen LogP contribution in [0.15, 0.2) is 82.6 Å². The first-order valence-electron chi connectivity index (χ1n) is 10.1. The van der Waals surface area contributed by atoms with Crippen molar-refractivity contribution in [2.75, 3.05) is 12.4 Å². The molecule has 1 amide bonds. The fourth-order valence-electron chi connectivity index (χ4n) is 3.24.